The first-order valence-corrected chi connectivity index (χ1v) is 7.29. The number of pyridine rings is 1. The topological polar surface area (TPSA) is 62.2 Å². The number of rotatable bonds is 3. The predicted molar refractivity (Wildman–Crippen MR) is 87.6 cm³/mol. The van der Waals surface area contributed by atoms with Crippen LogP contribution in [0.5, 0.6) is 0 Å². The fourth-order valence-corrected chi connectivity index (χ4v) is 2.08. The van der Waals surface area contributed by atoms with E-state index in [9.17, 15) is 9.90 Å². The normalized spacial score (nSPS) is 12.8. The van der Waals surface area contributed by atoms with Crippen molar-refractivity contribution >= 4 is 11.6 Å². The van der Waals surface area contributed by atoms with Crippen LogP contribution in [-0.2, 0) is 4.79 Å². The van der Waals surface area contributed by atoms with Gasteiger partial charge >= 0.3 is 0 Å². The minimum atomic E-state index is -0.807. The lowest BCUT2D eigenvalue weighted by Gasteiger charge is -2.21. The number of carbonyl (C=O) groups excluding carboxylic acids is 1. The van der Waals surface area contributed by atoms with Crippen molar-refractivity contribution in [3.8, 4) is 0 Å². The van der Waals surface area contributed by atoms with E-state index in [4.69, 9.17) is 0 Å². The quantitative estimate of drug-likeness (QED) is 0.912. The molecule has 2 N–H and O–H groups in total. The van der Waals surface area contributed by atoms with E-state index in [1.54, 1.807) is 18.5 Å². The molecule has 0 radical (unpaired) electrons. The first kappa shape index (κ1) is 16.2. The van der Waals surface area contributed by atoms with Crippen molar-refractivity contribution in [2.75, 3.05) is 5.32 Å². The Kier molecular flexibility index (Phi) is 4.62. The Bertz CT molecular complexity index is 675. The summed E-state index contributed by atoms with van der Waals surface area (Å²) in [7, 11) is 0. The average molecular weight is 298 g/mol. The lowest BCUT2D eigenvalue weighted by atomic mass is 9.94. The zero-order chi connectivity index (χ0) is 16.3. The molecule has 0 saturated heterocycles. The first-order valence-electron chi connectivity index (χ1n) is 7.29. The van der Waals surface area contributed by atoms with Gasteiger partial charge < -0.3 is 10.4 Å². The molecule has 1 amide bonds. The number of anilines is 1. The third kappa shape index (κ3) is 3.71. The van der Waals surface area contributed by atoms with Crippen LogP contribution in [0.1, 0.15) is 43.6 Å². The van der Waals surface area contributed by atoms with Gasteiger partial charge in [-0.3, -0.25) is 9.78 Å². The molecule has 116 valence electrons. The molecule has 2 rings (SSSR count). The number of hydrogen-bond donors (Lipinski definition) is 2. The van der Waals surface area contributed by atoms with Gasteiger partial charge in [-0.05, 0) is 18.6 Å². The molecule has 1 aromatic heterocycles. The maximum atomic E-state index is 12.2. The van der Waals surface area contributed by atoms with E-state index in [2.05, 4.69) is 10.3 Å². The van der Waals surface area contributed by atoms with Gasteiger partial charge in [-0.1, -0.05) is 50.6 Å². The van der Waals surface area contributed by atoms with Crippen molar-refractivity contribution in [1.29, 1.82) is 0 Å². The van der Waals surface area contributed by atoms with Crippen LogP contribution in [0.3, 0.4) is 0 Å². The van der Waals surface area contributed by atoms with Gasteiger partial charge in [0.15, 0.2) is 0 Å². The van der Waals surface area contributed by atoms with Crippen molar-refractivity contribution in [3.05, 3.63) is 59.4 Å². The zero-order valence-electron chi connectivity index (χ0n) is 13.4. The third-order valence-electron chi connectivity index (χ3n) is 3.44. The number of aliphatic hydroxyl groups excluding tert-OH is 1. The van der Waals surface area contributed by atoms with E-state index < -0.39 is 11.5 Å². The Morgan fingerprint density at radius 1 is 1.27 bits per heavy atom. The van der Waals surface area contributed by atoms with Crippen LogP contribution >= 0.6 is 0 Å². The van der Waals surface area contributed by atoms with Crippen molar-refractivity contribution in [3.63, 3.8) is 0 Å². The van der Waals surface area contributed by atoms with Crippen LogP contribution in [0.25, 0.3) is 0 Å². The van der Waals surface area contributed by atoms with Crippen LogP contribution in [0.15, 0.2) is 42.7 Å². The predicted octanol–water partition coefficient (Wildman–Crippen LogP) is 3.46. The maximum absolute atomic E-state index is 12.2. The Morgan fingerprint density at radius 3 is 2.64 bits per heavy atom. The third-order valence-corrected chi connectivity index (χ3v) is 3.44. The molecule has 4 nitrogen and oxygen atoms in total. The molecule has 0 saturated carbocycles. The van der Waals surface area contributed by atoms with Crippen LogP contribution in [0, 0.1) is 12.3 Å². The number of nitrogens with zero attached hydrogens (tertiary/aromatic N) is 1. The summed E-state index contributed by atoms with van der Waals surface area (Å²) in [5.41, 5.74) is 2.53. The van der Waals surface area contributed by atoms with Crippen LogP contribution in [-0.4, -0.2) is 16.0 Å². The highest BCUT2D eigenvalue weighted by atomic mass is 16.3. The molecule has 1 aromatic carbocycles. The molecule has 0 aliphatic rings. The second-order valence-corrected chi connectivity index (χ2v) is 6.48. The van der Waals surface area contributed by atoms with Gasteiger partial charge in [-0.2, -0.15) is 0 Å². The lowest BCUT2D eigenvalue weighted by Crippen LogP contribution is -2.28. The number of hydrogen-bond acceptors (Lipinski definition) is 3. The number of aryl methyl sites for hydroxylation is 1. The summed E-state index contributed by atoms with van der Waals surface area (Å²) in [4.78, 5) is 16.2. The summed E-state index contributed by atoms with van der Waals surface area (Å²) < 4.78 is 0. The molecule has 0 aliphatic heterocycles. The van der Waals surface area contributed by atoms with E-state index >= 15 is 0 Å². The molecule has 0 aliphatic carbocycles. The maximum Gasteiger partial charge on any atom is 0.229 e. The van der Waals surface area contributed by atoms with Crippen LogP contribution in [0.4, 0.5) is 5.69 Å². The van der Waals surface area contributed by atoms with E-state index in [0.29, 0.717) is 11.3 Å². The molecule has 0 fully saturated rings. The molecule has 0 bridgehead atoms. The van der Waals surface area contributed by atoms with Crippen LogP contribution in [0.2, 0.25) is 0 Å². The SMILES string of the molecule is Cc1cccc(C(O)c2ccncc2NC(=O)C(C)(C)C)c1. The van der Waals surface area contributed by atoms with Gasteiger partial charge in [-0.25, -0.2) is 0 Å². The van der Waals surface area contributed by atoms with E-state index in [-0.39, 0.29) is 5.91 Å². The summed E-state index contributed by atoms with van der Waals surface area (Å²) in [6.07, 6.45) is 2.37. The smallest absolute Gasteiger partial charge is 0.229 e. The van der Waals surface area contributed by atoms with Gasteiger partial charge in [0, 0.05) is 17.2 Å². The molecule has 2 aromatic rings. The minimum absolute atomic E-state index is 0.113. The molecular formula is C18H22N2O2. The number of aliphatic hydroxyl groups is 1. The Balaban J connectivity index is 2.34. The van der Waals surface area contributed by atoms with Crippen molar-refractivity contribution < 1.29 is 9.90 Å². The number of amides is 1. The van der Waals surface area contributed by atoms with Gasteiger partial charge in [0.25, 0.3) is 0 Å². The fourth-order valence-electron chi connectivity index (χ4n) is 2.08. The van der Waals surface area contributed by atoms with Crippen molar-refractivity contribution in [2.24, 2.45) is 5.41 Å². The number of nitrogens with one attached hydrogen (secondary N) is 1. The van der Waals surface area contributed by atoms with Gasteiger partial charge in [-0.15, -0.1) is 0 Å². The number of benzene rings is 1. The van der Waals surface area contributed by atoms with Gasteiger partial charge in [0.2, 0.25) is 5.91 Å². The average Bonchev–Trinajstić information content (AvgIpc) is 2.46. The standard InChI is InChI=1S/C18H22N2O2/c1-12-6-5-7-13(10-12)16(21)14-8-9-19-11-15(14)20-17(22)18(2,3)4/h5-11,16,21H,1-4H3,(H,20,22). The summed E-state index contributed by atoms with van der Waals surface area (Å²) in [6.45, 7) is 7.51. The molecular weight excluding hydrogens is 276 g/mol. The monoisotopic (exact) mass is 298 g/mol. The Labute approximate surface area is 131 Å². The van der Waals surface area contributed by atoms with E-state index in [1.165, 1.54) is 0 Å². The highest BCUT2D eigenvalue weighted by Gasteiger charge is 2.23. The van der Waals surface area contributed by atoms with E-state index in [0.717, 1.165) is 11.1 Å². The molecule has 22 heavy (non-hydrogen) atoms. The van der Waals surface area contributed by atoms with Gasteiger partial charge in [0.1, 0.15) is 6.10 Å². The lowest BCUT2D eigenvalue weighted by molar-refractivity contribution is -0.123. The molecule has 1 unspecified atom stereocenters. The number of aromatic nitrogens is 1. The zero-order valence-corrected chi connectivity index (χ0v) is 13.4. The number of carbonyl (C=O) groups is 1. The molecule has 4 heteroatoms. The van der Waals surface area contributed by atoms with Crippen molar-refractivity contribution in [1.82, 2.24) is 4.98 Å². The Hall–Kier alpha value is -2.20. The summed E-state index contributed by atoms with van der Waals surface area (Å²) in [6, 6.07) is 9.41. The van der Waals surface area contributed by atoms with E-state index in [1.807, 2.05) is 52.0 Å². The van der Waals surface area contributed by atoms with Crippen molar-refractivity contribution in [2.45, 2.75) is 33.8 Å². The first-order chi connectivity index (χ1) is 10.3. The second-order valence-electron chi connectivity index (χ2n) is 6.48. The highest BCUT2D eigenvalue weighted by Crippen LogP contribution is 2.29. The summed E-state index contributed by atoms with van der Waals surface area (Å²) in [5, 5.41) is 13.5. The fraction of sp³-hybridized carbons (Fsp3) is 0.333. The summed E-state index contributed by atoms with van der Waals surface area (Å²) in [5.74, 6) is -0.113. The minimum Gasteiger partial charge on any atom is -0.384 e. The summed E-state index contributed by atoms with van der Waals surface area (Å²) >= 11 is 0. The van der Waals surface area contributed by atoms with Gasteiger partial charge in [0.05, 0.1) is 11.9 Å². The molecule has 1 heterocycles. The molecule has 1 atom stereocenters. The molecule has 0 spiro atoms. The second kappa shape index (κ2) is 6.28. The highest BCUT2D eigenvalue weighted by molar-refractivity contribution is 5.95. The Morgan fingerprint density at radius 2 is 2.00 bits per heavy atom. The largest absolute Gasteiger partial charge is 0.384 e. The van der Waals surface area contributed by atoms with Crippen LogP contribution < -0.4 is 5.32 Å².